The second kappa shape index (κ2) is 8.99. The molecule has 28 heavy (non-hydrogen) atoms. The monoisotopic (exact) mass is 394 g/mol. The topological polar surface area (TPSA) is 76.1 Å². The van der Waals surface area contributed by atoms with Gasteiger partial charge < -0.3 is 20.2 Å². The average Bonchev–Trinajstić information content (AvgIpc) is 3.13. The van der Waals surface area contributed by atoms with Gasteiger partial charge in [-0.2, -0.15) is 0 Å². The molecule has 0 aromatic carbocycles. The van der Waals surface area contributed by atoms with Crippen molar-refractivity contribution in [3.63, 3.8) is 0 Å². The molecule has 3 fully saturated rings. The van der Waals surface area contributed by atoms with Crippen LogP contribution < -0.4 is 5.32 Å². The summed E-state index contributed by atoms with van der Waals surface area (Å²) >= 11 is 0. The number of piperidine rings is 1. The summed E-state index contributed by atoms with van der Waals surface area (Å²) in [5, 5.41) is 13.2. The number of carbonyl (C=O) groups excluding carboxylic acids is 2. The Morgan fingerprint density at radius 3 is 2.39 bits per heavy atom. The van der Waals surface area contributed by atoms with Crippen LogP contribution in [0.5, 0.6) is 0 Å². The highest BCUT2D eigenvalue weighted by Gasteiger charge is 2.36. The van der Waals surface area contributed by atoms with Gasteiger partial charge in [-0.1, -0.05) is 12.8 Å². The van der Waals surface area contributed by atoms with E-state index in [9.17, 15) is 14.7 Å². The van der Waals surface area contributed by atoms with Crippen LogP contribution in [0.25, 0.3) is 0 Å². The number of piperazine rings is 1. The van der Waals surface area contributed by atoms with Crippen molar-refractivity contribution in [3.8, 4) is 0 Å². The van der Waals surface area contributed by atoms with E-state index in [1.165, 1.54) is 12.8 Å². The van der Waals surface area contributed by atoms with Gasteiger partial charge in [-0.25, -0.2) is 4.79 Å². The zero-order chi connectivity index (χ0) is 20.3. The first kappa shape index (κ1) is 21.4. The summed E-state index contributed by atoms with van der Waals surface area (Å²) in [6.07, 6.45) is 6.31. The fourth-order valence-electron chi connectivity index (χ4n) is 4.99. The molecule has 3 amide bonds. The summed E-state index contributed by atoms with van der Waals surface area (Å²) in [5.41, 5.74) is -0.720. The van der Waals surface area contributed by atoms with E-state index in [2.05, 4.69) is 17.1 Å². The highest BCUT2D eigenvalue weighted by Crippen LogP contribution is 2.23. The fraction of sp³-hybridized carbons (Fsp3) is 0.905. The van der Waals surface area contributed by atoms with Gasteiger partial charge in [0.25, 0.3) is 0 Å². The highest BCUT2D eigenvalue weighted by molar-refractivity contribution is 5.81. The maximum absolute atomic E-state index is 13.2. The van der Waals surface area contributed by atoms with Gasteiger partial charge in [-0.05, 0) is 46.5 Å². The van der Waals surface area contributed by atoms with E-state index < -0.39 is 5.60 Å². The lowest BCUT2D eigenvalue weighted by Gasteiger charge is -2.44. The Balaban J connectivity index is 1.51. The summed E-state index contributed by atoms with van der Waals surface area (Å²) < 4.78 is 0. The molecule has 2 N–H and O–H groups in total. The van der Waals surface area contributed by atoms with Gasteiger partial charge >= 0.3 is 6.03 Å². The van der Waals surface area contributed by atoms with Gasteiger partial charge in [-0.15, -0.1) is 0 Å². The Morgan fingerprint density at radius 1 is 1.04 bits per heavy atom. The summed E-state index contributed by atoms with van der Waals surface area (Å²) in [6, 6.07) is 0.450. The number of hydrogen-bond donors (Lipinski definition) is 2. The molecule has 0 spiro atoms. The first-order valence-corrected chi connectivity index (χ1v) is 11.0. The third kappa shape index (κ3) is 5.60. The number of likely N-dealkylation sites (tertiary alicyclic amines) is 1. The van der Waals surface area contributed by atoms with Crippen LogP contribution in [0.4, 0.5) is 4.79 Å². The van der Waals surface area contributed by atoms with Crippen molar-refractivity contribution < 1.29 is 14.7 Å². The van der Waals surface area contributed by atoms with Crippen molar-refractivity contribution in [2.75, 3.05) is 39.3 Å². The molecule has 2 aliphatic heterocycles. The lowest BCUT2D eigenvalue weighted by molar-refractivity contribution is -0.142. The lowest BCUT2D eigenvalue weighted by Crippen LogP contribution is -2.59. The van der Waals surface area contributed by atoms with Crippen LogP contribution in [0.1, 0.15) is 59.3 Å². The second-order valence-electron chi connectivity index (χ2n) is 9.64. The first-order chi connectivity index (χ1) is 13.2. The van der Waals surface area contributed by atoms with Crippen LogP contribution in [-0.4, -0.2) is 88.7 Å². The number of hydrogen-bond acceptors (Lipinski definition) is 4. The van der Waals surface area contributed by atoms with Crippen LogP contribution in [0.3, 0.4) is 0 Å². The molecule has 1 aliphatic carbocycles. The predicted octanol–water partition coefficient (Wildman–Crippen LogP) is 1.65. The molecule has 1 saturated carbocycles. The first-order valence-electron chi connectivity index (χ1n) is 11.0. The predicted molar refractivity (Wildman–Crippen MR) is 109 cm³/mol. The van der Waals surface area contributed by atoms with Crippen molar-refractivity contribution in [2.45, 2.75) is 77.0 Å². The number of aliphatic hydroxyl groups is 1. The molecule has 2 atom stereocenters. The minimum Gasteiger partial charge on any atom is -0.389 e. The average molecular weight is 395 g/mol. The Labute approximate surface area is 169 Å². The Kier molecular flexibility index (Phi) is 6.86. The third-order valence-corrected chi connectivity index (χ3v) is 6.35. The standard InChI is InChI=1S/C21H38N4O3/c1-16-13-23(15-21(2,3)28)11-12-25(16)19(26)17-7-6-10-24(14-17)20(27)22-18-8-4-5-9-18/h16-18,28H,4-15H2,1-3H3,(H,22,27). The quantitative estimate of drug-likeness (QED) is 0.760. The summed E-state index contributed by atoms with van der Waals surface area (Å²) in [6.45, 7) is 9.91. The van der Waals surface area contributed by atoms with E-state index >= 15 is 0 Å². The molecule has 2 saturated heterocycles. The number of rotatable bonds is 4. The molecule has 2 heterocycles. The van der Waals surface area contributed by atoms with E-state index in [0.717, 1.165) is 45.3 Å². The maximum atomic E-state index is 13.2. The molecule has 7 nitrogen and oxygen atoms in total. The van der Waals surface area contributed by atoms with E-state index in [1.54, 1.807) is 0 Å². The second-order valence-corrected chi connectivity index (χ2v) is 9.64. The third-order valence-electron chi connectivity index (χ3n) is 6.35. The fourth-order valence-corrected chi connectivity index (χ4v) is 4.99. The highest BCUT2D eigenvalue weighted by atomic mass is 16.3. The molecule has 2 unspecified atom stereocenters. The minimum atomic E-state index is -0.720. The summed E-state index contributed by atoms with van der Waals surface area (Å²) in [5.74, 6) is 0.0973. The van der Waals surface area contributed by atoms with Gasteiger partial charge in [-0.3, -0.25) is 9.69 Å². The van der Waals surface area contributed by atoms with Gasteiger partial charge in [0.05, 0.1) is 11.5 Å². The van der Waals surface area contributed by atoms with Crippen molar-refractivity contribution in [1.82, 2.24) is 20.0 Å². The minimum absolute atomic E-state index is 0.00689. The van der Waals surface area contributed by atoms with E-state index in [1.807, 2.05) is 23.6 Å². The molecule has 7 heteroatoms. The van der Waals surface area contributed by atoms with E-state index in [4.69, 9.17) is 0 Å². The number of urea groups is 1. The number of amides is 3. The Hall–Kier alpha value is -1.34. The molecule has 160 valence electrons. The van der Waals surface area contributed by atoms with Crippen molar-refractivity contribution >= 4 is 11.9 Å². The van der Waals surface area contributed by atoms with Gasteiger partial charge in [0.1, 0.15) is 0 Å². The molecule has 3 aliphatic rings. The SMILES string of the molecule is CC1CN(CC(C)(C)O)CCN1C(=O)C1CCCN(C(=O)NC2CCCC2)C1. The maximum Gasteiger partial charge on any atom is 0.317 e. The molecule has 3 rings (SSSR count). The smallest absolute Gasteiger partial charge is 0.317 e. The van der Waals surface area contributed by atoms with Crippen LogP contribution >= 0.6 is 0 Å². The zero-order valence-corrected chi connectivity index (χ0v) is 17.8. The molecular weight excluding hydrogens is 356 g/mol. The van der Waals surface area contributed by atoms with Crippen molar-refractivity contribution in [2.24, 2.45) is 5.92 Å². The molecule has 0 aromatic heterocycles. The summed E-state index contributed by atoms with van der Waals surface area (Å²) in [4.78, 5) is 31.8. The van der Waals surface area contributed by atoms with Crippen molar-refractivity contribution in [1.29, 1.82) is 0 Å². The van der Waals surface area contributed by atoms with Crippen LogP contribution in [0.2, 0.25) is 0 Å². The van der Waals surface area contributed by atoms with Crippen molar-refractivity contribution in [3.05, 3.63) is 0 Å². The normalized spacial score (nSPS) is 27.9. The lowest BCUT2D eigenvalue weighted by atomic mass is 9.95. The van der Waals surface area contributed by atoms with Gasteiger partial charge in [0.15, 0.2) is 0 Å². The van der Waals surface area contributed by atoms with E-state index in [0.29, 0.717) is 25.7 Å². The Morgan fingerprint density at radius 2 is 1.75 bits per heavy atom. The largest absolute Gasteiger partial charge is 0.389 e. The van der Waals surface area contributed by atoms with Crippen LogP contribution in [-0.2, 0) is 4.79 Å². The Bertz CT molecular complexity index is 556. The van der Waals surface area contributed by atoms with Crippen LogP contribution in [0.15, 0.2) is 0 Å². The van der Waals surface area contributed by atoms with Crippen LogP contribution in [0, 0.1) is 5.92 Å². The molecule has 0 radical (unpaired) electrons. The summed E-state index contributed by atoms with van der Waals surface area (Å²) in [7, 11) is 0. The number of β-amino-alcohol motifs (C(OH)–C–C–N with tert-alkyl or cyclic N) is 1. The zero-order valence-electron chi connectivity index (χ0n) is 17.8. The number of nitrogens with zero attached hydrogens (tertiary/aromatic N) is 3. The molecular formula is C21H38N4O3. The number of nitrogens with one attached hydrogen (secondary N) is 1. The number of carbonyl (C=O) groups is 2. The van der Waals surface area contributed by atoms with Gasteiger partial charge in [0.2, 0.25) is 5.91 Å². The van der Waals surface area contributed by atoms with E-state index in [-0.39, 0.29) is 23.9 Å². The molecule has 0 aromatic rings. The molecule has 0 bridgehead atoms. The van der Waals surface area contributed by atoms with Gasteiger partial charge in [0, 0.05) is 51.4 Å².